The van der Waals surface area contributed by atoms with Crippen molar-refractivity contribution in [2.24, 2.45) is 0 Å². The second kappa shape index (κ2) is 6.33. The third-order valence-corrected chi connectivity index (χ3v) is 3.70. The van der Waals surface area contributed by atoms with Crippen molar-refractivity contribution < 1.29 is 18.3 Å². The summed E-state index contributed by atoms with van der Waals surface area (Å²) in [6, 6.07) is 10.2. The van der Waals surface area contributed by atoms with Crippen LogP contribution in [0.5, 0.6) is 0 Å². The van der Waals surface area contributed by atoms with Crippen LogP contribution in [0.2, 0.25) is 0 Å². The van der Waals surface area contributed by atoms with Gasteiger partial charge in [0.2, 0.25) is 0 Å². The fourth-order valence-electron chi connectivity index (χ4n) is 2.72. The van der Waals surface area contributed by atoms with Crippen molar-refractivity contribution in [2.45, 2.75) is 57.0 Å². The maximum atomic E-state index is 12.7. The fourth-order valence-corrected chi connectivity index (χ4v) is 2.72. The van der Waals surface area contributed by atoms with Gasteiger partial charge in [0.15, 0.2) is 0 Å². The number of alkyl halides is 2. The van der Waals surface area contributed by atoms with Gasteiger partial charge in [-0.3, -0.25) is 4.79 Å². The fraction of sp³-hybridized carbons (Fsp3) is 0.562. The molecule has 20 heavy (non-hydrogen) atoms. The average molecular weight is 282 g/mol. The summed E-state index contributed by atoms with van der Waals surface area (Å²) in [6.07, 6.45) is 2.34. The SMILES string of the molecule is CC(F)(F)CC(=O)OC1CCC(c2ccccc2)CC1. The Morgan fingerprint density at radius 3 is 2.35 bits per heavy atom. The van der Waals surface area contributed by atoms with Crippen LogP contribution < -0.4 is 0 Å². The Labute approximate surface area is 118 Å². The summed E-state index contributed by atoms with van der Waals surface area (Å²) >= 11 is 0. The highest BCUT2D eigenvalue weighted by Crippen LogP contribution is 2.34. The molecule has 2 nitrogen and oxygen atoms in total. The summed E-state index contributed by atoms with van der Waals surface area (Å²) < 4.78 is 30.6. The molecule has 1 aromatic carbocycles. The van der Waals surface area contributed by atoms with Gasteiger partial charge in [0.05, 0.1) is 0 Å². The highest BCUT2D eigenvalue weighted by molar-refractivity contribution is 5.70. The summed E-state index contributed by atoms with van der Waals surface area (Å²) in [5, 5.41) is 0. The van der Waals surface area contributed by atoms with Gasteiger partial charge in [0.1, 0.15) is 12.5 Å². The van der Waals surface area contributed by atoms with Crippen molar-refractivity contribution in [1.82, 2.24) is 0 Å². The molecule has 0 atom stereocenters. The predicted octanol–water partition coefficient (Wildman–Crippen LogP) is 4.30. The third kappa shape index (κ3) is 4.58. The first-order valence-corrected chi connectivity index (χ1v) is 7.06. The third-order valence-electron chi connectivity index (χ3n) is 3.70. The van der Waals surface area contributed by atoms with Gasteiger partial charge in [-0.2, -0.15) is 0 Å². The van der Waals surface area contributed by atoms with Crippen molar-refractivity contribution in [3.05, 3.63) is 35.9 Å². The zero-order valence-electron chi connectivity index (χ0n) is 11.6. The largest absolute Gasteiger partial charge is 0.462 e. The molecule has 1 saturated carbocycles. The average Bonchev–Trinajstić information content (AvgIpc) is 2.38. The van der Waals surface area contributed by atoms with Crippen LogP contribution in [0.4, 0.5) is 8.78 Å². The first-order chi connectivity index (χ1) is 9.44. The topological polar surface area (TPSA) is 26.3 Å². The maximum Gasteiger partial charge on any atom is 0.312 e. The second-order valence-electron chi connectivity index (χ2n) is 5.62. The molecule has 1 fully saturated rings. The summed E-state index contributed by atoms with van der Waals surface area (Å²) in [4.78, 5) is 11.4. The Kier molecular flexibility index (Phi) is 4.73. The van der Waals surface area contributed by atoms with E-state index in [4.69, 9.17) is 4.74 Å². The van der Waals surface area contributed by atoms with Crippen LogP contribution in [0.15, 0.2) is 30.3 Å². The minimum atomic E-state index is -2.99. The van der Waals surface area contributed by atoms with Crippen molar-refractivity contribution in [3.63, 3.8) is 0 Å². The highest BCUT2D eigenvalue weighted by atomic mass is 19.3. The van der Waals surface area contributed by atoms with Crippen molar-refractivity contribution in [1.29, 1.82) is 0 Å². The van der Waals surface area contributed by atoms with Crippen molar-refractivity contribution in [3.8, 4) is 0 Å². The summed E-state index contributed by atoms with van der Waals surface area (Å²) in [5.41, 5.74) is 1.30. The molecule has 0 aromatic heterocycles. The van der Waals surface area contributed by atoms with Gasteiger partial charge in [0, 0.05) is 0 Å². The molecule has 0 heterocycles. The van der Waals surface area contributed by atoms with E-state index in [0.29, 0.717) is 5.92 Å². The molecule has 4 heteroatoms. The molecule has 0 aliphatic heterocycles. The molecule has 0 bridgehead atoms. The van der Waals surface area contributed by atoms with Crippen LogP contribution in [0.1, 0.15) is 50.5 Å². The number of esters is 1. The van der Waals surface area contributed by atoms with E-state index >= 15 is 0 Å². The maximum absolute atomic E-state index is 12.7. The summed E-state index contributed by atoms with van der Waals surface area (Å²) in [7, 11) is 0. The van der Waals surface area contributed by atoms with E-state index in [1.807, 2.05) is 18.2 Å². The Morgan fingerprint density at radius 2 is 1.80 bits per heavy atom. The lowest BCUT2D eigenvalue weighted by molar-refractivity contribution is -0.157. The summed E-state index contributed by atoms with van der Waals surface area (Å²) in [6.45, 7) is 0.737. The molecule has 0 unspecified atom stereocenters. The molecule has 0 saturated heterocycles. The number of benzene rings is 1. The van der Waals surface area contributed by atoms with E-state index < -0.39 is 18.3 Å². The number of ether oxygens (including phenoxy) is 1. The predicted molar refractivity (Wildman–Crippen MR) is 72.8 cm³/mol. The Balaban J connectivity index is 1.79. The van der Waals surface area contributed by atoms with Gasteiger partial charge in [-0.25, -0.2) is 8.78 Å². The lowest BCUT2D eigenvalue weighted by Gasteiger charge is -2.28. The van der Waals surface area contributed by atoms with Crippen LogP contribution in [-0.4, -0.2) is 18.0 Å². The number of hydrogen-bond donors (Lipinski definition) is 0. The zero-order chi connectivity index (χ0) is 14.6. The van der Waals surface area contributed by atoms with E-state index in [0.717, 1.165) is 32.6 Å². The number of rotatable bonds is 4. The smallest absolute Gasteiger partial charge is 0.312 e. The van der Waals surface area contributed by atoms with Crippen LogP contribution >= 0.6 is 0 Å². The first kappa shape index (κ1) is 14.9. The minimum Gasteiger partial charge on any atom is -0.462 e. The Morgan fingerprint density at radius 1 is 1.20 bits per heavy atom. The van der Waals surface area contributed by atoms with E-state index in [-0.39, 0.29) is 6.10 Å². The number of carbonyl (C=O) groups excluding carboxylic acids is 1. The number of carbonyl (C=O) groups is 1. The van der Waals surface area contributed by atoms with Gasteiger partial charge >= 0.3 is 5.97 Å². The van der Waals surface area contributed by atoms with E-state index in [2.05, 4.69) is 12.1 Å². The Bertz CT molecular complexity index is 432. The van der Waals surface area contributed by atoms with Crippen molar-refractivity contribution in [2.75, 3.05) is 0 Å². The first-order valence-electron chi connectivity index (χ1n) is 7.06. The molecule has 0 spiro atoms. The quantitative estimate of drug-likeness (QED) is 0.770. The number of hydrogen-bond acceptors (Lipinski definition) is 2. The Hall–Kier alpha value is -1.45. The molecule has 1 aliphatic carbocycles. The zero-order valence-corrected chi connectivity index (χ0v) is 11.6. The summed E-state index contributed by atoms with van der Waals surface area (Å²) in [5.74, 6) is -3.29. The van der Waals surface area contributed by atoms with Gasteiger partial charge in [-0.1, -0.05) is 30.3 Å². The minimum absolute atomic E-state index is 0.204. The highest BCUT2D eigenvalue weighted by Gasteiger charge is 2.30. The van der Waals surface area contributed by atoms with Crippen LogP contribution in [0, 0.1) is 0 Å². The lowest BCUT2D eigenvalue weighted by Crippen LogP contribution is -2.26. The molecule has 110 valence electrons. The normalized spacial score (nSPS) is 23.4. The standard InChI is InChI=1S/C16H20F2O2/c1-16(17,18)11-15(19)20-14-9-7-13(8-10-14)12-5-3-2-4-6-12/h2-6,13-14H,7-11H2,1H3. The van der Waals surface area contributed by atoms with E-state index in [1.54, 1.807) is 0 Å². The van der Waals surface area contributed by atoms with Gasteiger partial charge in [-0.05, 0) is 44.1 Å². The number of halogens is 2. The molecular weight excluding hydrogens is 262 g/mol. The monoisotopic (exact) mass is 282 g/mol. The van der Waals surface area contributed by atoms with E-state index in [9.17, 15) is 13.6 Å². The molecule has 0 amide bonds. The molecule has 0 N–H and O–H groups in total. The van der Waals surface area contributed by atoms with Crippen LogP contribution in [0.3, 0.4) is 0 Å². The van der Waals surface area contributed by atoms with Crippen molar-refractivity contribution >= 4 is 5.97 Å². The van der Waals surface area contributed by atoms with Gasteiger partial charge in [0.25, 0.3) is 5.92 Å². The second-order valence-corrected chi connectivity index (χ2v) is 5.62. The molecule has 2 rings (SSSR count). The van der Waals surface area contributed by atoms with Gasteiger partial charge < -0.3 is 4.74 Å². The van der Waals surface area contributed by atoms with E-state index in [1.165, 1.54) is 5.56 Å². The van der Waals surface area contributed by atoms with Gasteiger partial charge in [-0.15, -0.1) is 0 Å². The molecule has 0 radical (unpaired) electrons. The molecule has 1 aromatic rings. The molecular formula is C16H20F2O2. The van der Waals surface area contributed by atoms with Crippen LogP contribution in [-0.2, 0) is 9.53 Å². The molecule has 1 aliphatic rings. The van der Waals surface area contributed by atoms with Crippen LogP contribution in [0.25, 0.3) is 0 Å². The lowest BCUT2D eigenvalue weighted by atomic mass is 9.83.